The predicted octanol–water partition coefficient (Wildman–Crippen LogP) is 5.37. The summed E-state index contributed by atoms with van der Waals surface area (Å²) in [5.74, 6) is 0.545. The molecule has 0 aliphatic heterocycles. The van der Waals surface area contributed by atoms with Gasteiger partial charge in [-0.15, -0.1) is 0 Å². The smallest absolute Gasteiger partial charge is 0.00293 e. The summed E-state index contributed by atoms with van der Waals surface area (Å²) in [6.45, 7) is 11.4. The first-order valence-corrected chi connectivity index (χ1v) is 6.73. The van der Waals surface area contributed by atoms with Crippen molar-refractivity contribution < 1.29 is 0 Å². The van der Waals surface area contributed by atoms with Gasteiger partial charge in [0.2, 0.25) is 0 Å². The molecule has 18 heavy (non-hydrogen) atoms. The number of benzene rings is 2. The van der Waals surface area contributed by atoms with Crippen LogP contribution in [-0.2, 0) is 0 Å². The van der Waals surface area contributed by atoms with Gasteiger partial charge in [-0.2, -0.15) is 0 Å². The molecule has 0 aromatic heterocycles. The summed E-state index contributed by atoms with van der Waals surface area (Å²) < 4.78 is 0. The van der Waals surface area contributed by atoms with Crippen LogP contribution < -0.4 is 0 Å². The molecule has 2 aromatic rings. The van der Waals surface area contributed by atoms with Crippen LogP contribution in [0.2, 0.25) is 0 Å². The number of hydrogen-bond donors (Lipinski definition) is 0. The highest BCUT2D eigenvalue weighted by Crippen LogP contribution is 2.44. The molecule has 0 amide bonds. The molecule has 0 fully saturated rings. The van der Waals surface area contributed by atoms with E-state index in [1.807, 2.05) is 0 Å². The summed E-state index contributed by atoms with van der Waals surface area (Å²) in [7, 11) is 0. The van der Waals surface area contributed by atoms with Crippen molar-refractivity contribution in [1.29, 1.82) is 0 Å². The summed E-state index contributed by atoms with van der Waals surface area (Å²) in [4.78, 5) is 0. The Morgan fingerprint density at radius 1 is 1.00 bits per heavy atom. The van der Waals surface area contributed by atoms with E-state index in [4.69, 9.17) is 0 Å². The minimum Gasteiger partial charge on any atom is -0.0625 e. The molecule has 0 N–H and O–H groups in total. The van der Waals surface area contributed by atoms with Crippen LogP contribution in [0.15, 0.2) is 29.8 Å². The molecule has 1 unspecified atom stereocenters. The average molecular weight is 236 g/mol. The van der Waals surface area contributed by atoms with Gasteiger partial charge in [0.15, 0.2) is 0 Å². The standard InChI is InChI=1S/C18H20/c1-10-9-15-7-6-8-16-13(4)12(3)14(5)17(11(10)2)18(15)16/h6-9,13H,1-5H3. The molecule has 0 heterocycles. The van der Waals surface area contributed by atoms with Crippen molar-refractivity contribution in [2.75, 3.05) is 0 Å². The van der Waals surface area contributed by atoms with Gasteiger partial charge in [-0.05, 0) is 66.3 Å². The van der Waals surface area contributed by atoms with Gasteiger partial charge < -0.3 is 0 Å². The fourth-order valence-electron chi connectivity index (χ4n) is 3.31. The van der Waals surface area contributed by atoms with Gasteiger partial charge >= 0.3 is 0 Å². The molecule has 2 aromatic carbocycles. The van der Waals surface area contributed by atoms with Gasteiger partial charge in [-0.25, -0.2) is 0 Å². The van der Waals surface area contributed by atoms with E-state index in [1.54, 1.807) is 0 Å². The molecular formula is C18H20. The van der Waals surface area contributed by atoms with Gasteiger partial charge in [-0.3, -0.25) is 0 Å². The highest BCUT2D eigenvalue weighted by molar-refractivity contribution is 6.01. The van der Waals surface area contributed by atoms with Crippen LogP contribution in [0.5, 0.6) is 0 Å². The first-order chi connectivity index (χ1) is 8.52. The zero-order valence-corrected chi connectivity index (χ0v) is 11.9. The summed E-state index contributed by atoms with van der Waals surface area (Å²) in [6, 6.07) is 9.07. The van der Waals surface area contributed by atoms with E-state index in [9.17, 15) is 0 Å². The highest BCUT2D eigenvalue weighted by Gasteiger charge is 2.23. The zero-order valence-electron chi connectivity index (χ0n) is 11.9. The van der Waals surface area contributed by atoms with Gasteiger partial charge in [0.1, 0.15) is 0 Å². The number of rotatable bonds is 0. The first-order valence-electron chi connectivity index (χ1n) is 6.73. The first kappa shape index (κ1) is 11.5. The largest absolute Gasteiger partial charge is 0.0625 e. The second-order valence-electron chi connectivity index (χ2n) is 5.67. The Labute approximate surface area is 109 Å². The van der Waals surface area contributed by atoms with E-state index < -0.39 is 0 Å². The molecule has 0 bridgehead atoms. The van der Waals surface area contributed by atoms with Crippen LogP contribution in [0.25, 0.3) is 16.3 Å². The SMILES string of the molecule is CC1=C(C)C(C)c2cccc3cc(C)c(C)c1c23. The van der Waals surface area contributed by atoms with Crippen LogP contribution >= 0.6 is 0 Å². The van der Waals surface area contributed by atoms with Crippen molar-refractivity contribution in [3.8, 4) is 0 Å². The number of allylic oxidation sites excluding steroid dienone is 2. The Kier molecular flexibility index (Phi) is 2.38. The molecule has 0 heteroatoms. The Bertz CT molecular complexity index is 687. The lowest BCUT2D eigenvalue weighted by Crippen LogP contribution is -2.08. The maximum atomic E-state index is 2.33. The Balaban J connectivity index is 2.58. The van der Waals surface area contributed by atoms with Crippen LogP contribution in [0, 0.1) is 13.8 Å². The van der Waals surface area contributed by atoms with E-state index >= 15 is 0 Å². The summed E-state index contributed by atoms with van der Waals surface area (Å²) in [5.41, 5.74) is 8.82. The highest BCUT2D eigenvalue weighted by atomic mass is 14.3. The van der Waals surface area contributed by atoms with Crippen molar-refractivity contribution >= 4 is 16.3 Å². The zero-order chi connectivity index (χ0) is 13.0. The van der Waals surface area contributed by atoms with E-state index in [1.165, 1.54) is 44.2 Å². The molecular weight excluding hydrogens is 216 g/mol. The second-order valence-corrected chi connectivity index (χ2v) is 5.67. The Morgan fingerprint density at radius 3 is 2.44 bits per heavy atom. The third kappa shape index (κ3) is 1.32. The predicted molar refractivity (Wildman–Crippen MR) is 80.1 cm³/mol. The van der Waals surface area contributed by atoms with Crippen LogP contribution in [0.1, 0.15) is 48.9 Å². The molecule has 1 aliphatic carbocycles. The Morgan fingerprint density at radius 2 is 1.72 bits per heavy atom. The van der Waals surface area contributed by atoms with Gasteiger partial charge in [0.25, 0.3) is 0 Å². The quantitative estimate of drug-likeness (QED) is 0.577. The summed E-state index contributed by atoms with van der Waals surface area (Å²) in [6.07, 6.45) is 0. The molecule has 0 spiro atoms. The second kappa shape index (κ2) is 3.71. The van der Waals surface area contributed by atoms with Crippen molar-refractivity contribution in [2.24, 2.45) is 0 Å². The molecule has 0 radical (unpaired) electrons. The normalized spacial score (nSPS) is 18.6. The van der Waals surface area contributed by atoms with Gasteiger partial charge in [0, 0.05) is 5.92 Å². The number of aryl methyl sites for hydroxylation is 1. The molecule has 92 valence electrons. The minimum atomic E-state index is 0.545. The molecule has 0 nitrogen and oxygen atoms in total. The van der Waals surface area contributed by atoms with E-state index in [0.29, 0.717) is 5.92 Å². The molecule has 1 atom stereocenters. The van der Waals surface area contributed by atoms with Crippen LogP contribution in [0.3, 0.4) is 0 Å². The molecule has 0 saturated carbocycles. The molecule has 1 aliphatic rings. The van der Waals surface area contributed by atoms with E-state index in [0.717, 1.165) is 0 Å². The van der Waals surface area contributed by atoms with Crippen molar-refractivity contribution in [3.63, 3.8) is 0 Å². The van der Waals surface area contributed by atoms with Gasteiger partial charge in [0.05, 0.1) is 0 Å². The van der Waals surface area contributed by atoms with Crippen molar-refractivity contribution in [3.05, 3.63) is 52.1 Å². The summed E-state index contributed by atoms with van der Waals surface area (Å²) >= 11 is 0. The lowest BCUT2D eigenvalue weighted by Gasteiger charge is -2.28. The lowest BCUT2D eigenvalue weighted by molar-refractivity contribution is 0.895. The van der Waals surface area contributed by atoms with Crippen molar-refractivity contribution in [1.82, 2.24) is 0 Å². The lowest BCUT2D eigenvalue weighted by atomic mass is 9.76. The maximum absolute atomic E-state index is 2.33. The van der Waals surface area contributed by atoms with Crippen LogP contribution in [-0.4, -0.2) is 0 Å². The third-order valence-electron chi connectivity index (χ3n) is 4.80. The third-order valence-corrected chi connectivity index (χ3v) is 4.80. The minimum absolute atomic E-state index is 0.545. The molecule has 0 saturated heterocycles. The fraction of sp³-hybridized carbons (Fsp3) is 0.333. The number of hydrogen-bond acceptors (Lipinski definition) is 0. The summed E-state index contributed by atoms with van der Waals surface area (Å²) in [5, 5.41) is 2.88. The fourth-order valence-corrected chi connectivity index (χ4v) is 3.31. The van der Waals surface area contributed by atoms with E-state index in [-0.39, 0.29) is 0 Å². The maximum Gasteiger partial charge on any atom is 0.00293 e. The topological polar surface area (TPSA) is 0 Å². The molecule has 3 rings (SSSR count). The Hall–Kier alpha value is -1.56. The average Bonchev–Trinajstić information content (AvgIpc) is 2.36. The monoisotopic (exact) mass is 236 g/mol. The van der Waals surface area contributed by atoms with Crippen LogP contribution in [0.4, 0.5) is 0 Å². The van der Waals surface area contributed by atoms with Crippen molar-refractivity contribution in [2.45, 2.75) is 40.5 Å². The van der Waals surface area contributed by atoms with Gasteiger partial charge in [-0.1, -0.05) is 36.8 Å². The van der Waals surface area contributed by atoms with E-state index in [2.05, 4.69) is 58.9 Å².